The Bertz CT molecular complexity index is 984. The van der Waals surface area contributed by atoms with Crippen molar-refractivity contribution in [2.45, 2.75) is 12.8 Å². The Morgan fingerprint density at radius 3 is 1.96 bits per heavy atom. The molecule has 0 bridgehead atoms. The molecule has 0 spiro atoms. The van der Waals surface area contributed by atoms with Gasteiger partial charge in [-0.25, -0.2) is 0 Å². The molecule has 0 atom stereocenters. The number of para-hydroxylation sites is 2. The van der Waals surface area contributed by atoms with E-state index in [0.29, 0.717) is 22.5 Å². The van der Waals surface area contributed by atoms with E-state index >= 15 is 0 Å². The van der Waals surface area contributed by atoms with Gasteiger partial charge in [-0.1, -0.05) is 48.5 Å². The van der Waals surface area contributed by atoms with Gasteiger partial charge in [0.25, 0.3) is 5.91 Å². The van der Waals surface area contributed by atoms with Gasteiger partial charge in [0.05, 0.1) is 11.4 Å². The highest BCUT2D eigenvalue weighted by atomic mass is 16.1. The van der Waals surface area contributed by atoms with E-state index in [0.717, 1.165) is 12.8 Å². The molecule has 1 aliphatic carbocycles. The first-order valence-electron chi connectivity index (χ1n) is 8.99. The fourth-order valence-electron chi connectivity index (χ4n) is 3.57. The van der Waals surface area contributed by atoms with Gasteiger partial charge in [0.15, 0.2) is 5.78 Å². The van der Waals surface area contributed by atoms with Gasteiger partial charge in [0.2, 0.25) is 0 Å². The highest BCUT2D eigenvalue weighted by Crippen LogP contribution is 2.29. The molecule has 4 nitrogen and oxygen atoms in total. The first kappa shape index (κ1) is 17.0. The van der Waals surface area contributed by atoms with Crippen LogP contribution in [0, 0.1) is 5.92 Å². The Hall–Kier alpha value is -3.40. The lowest BCUT2D eigenvalue weighted by atomic mass is 9.94. The monoisotopic (exact) mass is 356 g/mol. The van der Waals surface area contributed by atoms with Crippen molar-refractivity contribution in [1.82, 2.24) is 0 Å². The minimum atomic E-state index is -0.250. The highest BCUT2D eigenvalue weighted by molar-refractivity contribution is 6.06. The molecule has 1 aliphatic rings. The summed E-state index contributed by atoms with van der Waals surface area (Å²) in [7, 11) is 0. The van der Waals surface area contributed by atoms with Crippen molar-refractivity contribution in [3.05, 3.63) is 95.1 Å². The second-order valence-electron chi connectivity index (χ2n) is 6.86. The van der Waals surface area contributed by atoms with E-state index in [1.807, 2.05) is 24.3 Å². The van der Waals surface area contributed by atoms with Crippen molar-refractivity contribution in [3.63, 3.8) is 0 Å². The predicted molar refractivity (Wildman–Crippen MR) is 107 cm³/mol. The molecular weight excluding hydrogens is 336 g/mol. The number of Topliss-reactive ketones (excluding diaryl/α,β-unsaturated/α-hetero) is 1. The molecule has 134 valence electrons. The lowest BCUT2D eigenvalue weighted by molar-refractivity contribution is 0.0923. The maximum Gasteiger partial charge on any atom is 0.255 e. The number of rotatable bonds is 4. The molecule has 0 heterocycles. The van der Waals surface area contributed by atoms with E-state index in [4.69, 9.17) is 5.73 Å². The molecule has 0 aliphatic heterocycles. The Morgan fingerprint density at radius 1 is 0.778 bits per heavy atom. The summed E-state index contributed by atoms with van der Waals surface area (Å²) in [4.78, 5) is 25.2. The van der Waals surface area contributed by atoms with Gasteiger partial charge < -0.3 is 11.1 Å². The topological polar surface area (TPSA) is 72.2 Å². The van der Waals surface area contributed by atoms with E-state index < -0.39 is 0 Å². The van der Waals surface area contributed by atoms with Crippen molar-refractivity contribution in [3.8, 4) is 0 Å². The average Bonchev–Trinajstić information content (AvgIpc) is 3.13. The molecule has 27 heavy (non-hydrogen) atoms. The van der Waals surface area contributed by atoms with Crippen molar-refractivity contribution in [2.75, 3.05) is 11.1 Å². The molecule has 1 amide bonds. The molecule has 4 heteroatoms. The van der Waals surface area contributed by atoms with Crippen LogP contribution in [-0.2, 0) is 12.8 Å². The number of nitrogens with two attached hydrogens (primary N) is 1. The summed E-state index contributed by atoms with van der Waals surface area (Å²) < 4.78 is 0. The zero-order valence-electron chi connectivity index (χ0n) is 14.8. The molecule has 0 fully saturated rings. The summed E-state index contributed by atoms with van der Waals surface area (Å²) in [6.45, 7) is 0. The number of fused-ring (bicyclic) bond motifs is 1. The summed E-state index contributed by atoms with van der Waals surface area (Å²) in [5, 5.41) is 2.79. The predicted octanol–water partition coefficient (Wildman–Crippen LogP) is 4.12. The molecular formula is C23H20N2O2. The van der Waals surface area contributed by atoms with Crippen molar-refractivity contribution in [1.29, 1.82) is 0 Å². The highest BCUT2D eigenvalue weighted by Gasteiger charge is 2.27. The molecule has 0 radical (unpaired) electrons. The summed E-state index contributed by atoms with van der Waals surface area (Å²) in [5.74, 6) is -0.142. The molecule has 3 aromatic carbocycles. The van der Waals surface area contributed by atoms with Gasteiger partial charge in [-0.2, -0.15) is 0 Å². The lowest BCUT2D eigenvalue weighted by Crippen LogP contribution is -2.16. The second kappa shape index (κ2) is 7.08. The van der Waals surface area contributed by atoms with Crippen LogP contribution in [-0.4, -0.2) is 11.7 Å². The second-order valence-corrected chi connectivity index (χ2v) is 6.86. The molecule has 0 saturated carbocycles. The number of amides is 1. The largest absolute Gasteiger partial charge is 0.397 e. The maximum absolute atomic E-state index is 12.8. The van der Waals surface area contributed by atoms with Crippen LogP contribution >= 0.6 is 0 Å². The Labute approximate surface area is 158 Å². The van der Waals surface area contributed by atoms with Crippen molar-refractivity contribution >= 4 is 23.1 Å². The molecule has 0 saturated heterocycles. The standard InChI is InChI=1S/C23H20N2O2/c24-20-7-3-4-8-21(20)25-23(27)16-11-9-15(10-12-16)22(26)19-13-17-5-1-2-6-18(17)14-19/h1-12,19H,13-14,24H2,(H,25,27). The minimum absolute atomic E-state index is 0.0220. The summed E-state index contributed by atoms with van der Waals surface area (Å²) in [5.41, 5.74) is 10.6. The number of hydrogen-bond acceptors (Lipinski definition) is 3. The van der Waals surface area contributed by atoms with Gasteiger partial charge in [-0.05, 0) is 48.2 Å². The number of anilines is 2. The summed E-state index contributed by atoms with van der Waals surface area (Å²) in [6.07, 6.45) is 1.56. The zero-order chi connectivity index (χ0) is 18.8. The Kier molecular flexibility index (Phi) is 4.47. The Morgan fingerprint density at radius 2 is 1.33 bits per heavy atom. The number of nitrogens with one attached hydrogen (secondary N) is 1. The minimum Gasteiger partial charge on any atom is -0.397 e. The van der Waals surface area contributed by atoms with Crippen LogP contribution in [0.1, 0.15) is 31.8 Å². The quantitative estimate of drug-likeness (QED) is 0.546. The van der Waals surface area contributed by atoms with Crippen LogP contribution < -0.4 is 11.1 Å². The zero-order valence-corrected chi connectivity index (χ0v) is 14.8. The fourth-order valence-corrected chi connectivity index (χ4v) is 3.57. The van der Waals surface area contributed by atoms with Crippen molar-refractivity contribution < 1.29 is 9.59 Å². The van der Waals surface area contributed by atoms with Crippen molar-refractivity contribution in [2.24, 2.45) is 5.92 Å². The van der Waals surface area contributed by atoms with Gasteiger partial charge in [0, 0.05) is 17.0 Å². The van der Waals surface area contributed by atoms with Crippen LogP contribution in [0.4, 0.5) is 11.4 Å². The Balaban J connectivity index is 1.45. The van der Waals surface area contributed by atoms with E-state index in [1.165, 1.54) is 11.1 Å². The van der Waals surface area contributed by atoms with Gasteiger partial charge in [-0.15, -0.1) is 0 Å². The van der Waals surface area contributed by atoms with Crippen LogP contribution in [0.25, 0.3) is 0 Å². The maximum atomic E-state index is 12.8. The lowest BCUT2D eigenvalue weighted by Gasteiger charge is -2.10. The van der Waals surface area contributed by atoms with E-state index in [2.05, 4.69) is 17.4 Å². The van der Waals surface area contributed by atoms with Crippen LogP contribution in [0.2, 0.25) is 0 Å². The van der Waals surface area contributed by atoms with E-state index in [9.17, 15) is 9.59 Å². The third-order valence-corrected chi connectivity index (χ3v) is 5.06. The van der Waals surface area contributed by atoms with Gasteiger partial charge in [-0.3, -0.25) is 9.59 Å². The molecule has 0 aromatic heterocycles. The number of benzene rings is 3. The summed E-state index contributed by atoms with van der Waals surface area (Å²) >= 11 is 0. The number of hydrogen-bond donors (Lipinski definition) is 2. The molecule has 4 rings (SSSR count). The average molecular weight is 356 g/mol. The molecule has 0 unspecified atom stereocenters. The number of nitrogen functional groups attached to an aromatic ring is 1. The molecule has 3 N–H and O–H groups in total. The third kappa shape index (κ3) is 3.47. The number of ketones is 1. The number of carbonyl (C=O) groups is 2. The van der Waals surface area contributed by atoms with Gasteiger partial charge >= 0.3 is 0 Å². The summed E-state index contributed by atoms with van der Waals surface area (Å²) in [6, 6.07) is 22.1. The number of carbonyl (C=O) groups excluding carboxylic acids is 2. The first-order valence-corrected chi connectivity index (χ1v) is 8.99. The first-order chi connectivity index (χ1) is 13.1. The van der Waals surface area contributed by atoms with Crippen LogP contribution in [0.3, 0.4) is 0 Å². The van der Waals surface area contributed by atoms with Gasteiger partial charge in [0.1, 0.15) is 0 Å². The van der Waals surface area contributed by atoms with Crippen LogP contribution in [0.5, 0.6) is 0 Å². The van der Waals surface area contributed by atoms with E-state index in [1.54, 1.807) is 36.4 Å². The fraction of sp³-hybridized carbons (Fsp3) is 0.130. The normalized spacial score (nSPS) is 13.2. The molecule has 3 aromatic rings. The van der Waals surface area contributed by atoms with Crippen LogP contribution in [0.15, 0.2) is 72.8 Å². The third-order valence-electron chi connectivity index (χ3n) is 5.06. The SMILES string of the molecule is Nc1ccccc1NC(=O)c1ccc(C(=O)C2Cc3ccccc3C2)cc1. The van der Waals surface area contributed by atoms with E-state index in [-0.39, 0.29) is 17.6 Å². The smallest absolute Gasteiger partial charge is 0.255 e.